The van der Waals surface area contributed by atoms with Crippen LogP contribution >= 0.6 is 0 Å². The minimum atomic E-state index is -0.450. The number of ether oxygens (including phenoxy) is 2. The molecule has 3 nitrogen and oxygen atoms in total. The van der Waals surface area contributed by atoms with Crippen LogP contribution < -0.4 is 5.32 Å². The van der Waals surface area contributed by atoms with Gasteiger partial charge in [-0.3, -0.25) is 5.32 Å². The number of hydrogen-bond acceptors (Lipinski definition) is 3. The van der Waals surface area contributed by atoms with Gasteiger partial charge in [0, 0.05) is 18.7 Å². The van der Waals surface area contributed by atoms with E-state index >= 15 is 0 Å². The number of rotatable bonds is 3. The van der Waals surface area contributed by atoms with Crippen LogP contribution in [0.5, 0.6) is 0 Å². The van der Waals surface area contributed by atoms with E-state index in [4.69, 9.17) is 9.47 Å². The molecule has 1 saturated heterocycles. The predicted octanol–water partition coefficient (Wildman–Crippen LogP) is 1.50. The first kappa shape index (κ1) is 10.6. The summed E-state index contributed by atoms with van der Waals surface area (Å²) < 4.78 is 11.3. The standard InChI is InChI=1S/C12H17NO2/c1-2-15-12(10-14-9-8-13-12)11-6-4-3-5-7-11/h3-7,13H,2,8-10H2,1H3. The van der Waals surface area contributed by atoms with Gasteiger partial charge in [0.1, 0.15) is 0 Å². The molecule has 1 aliphatic heterocycles. The number of benzene rings is 1. The van der Waals surface area contributed by atoms with Crippen LogP contribution in [0.2, 0.25) is 0 Å². The molecule has 82 valence electrons. The third-order valence-corrected chi connectivity index (χ3v) is 2.59. The van der Waals surface area contributed by atoms with E-state index in [2.05, 4.69) is 17.4 Å². The van der Waals surface area contributed by atoms with E-state index in [1.165, 1.54) is 0 Å². The van der Waals surface area contributed by atoms with Crippen LogP contribution in [0, 0.1) is 0 Å². The zero-order valence-corrected chi connectivity index (χ0v) is 9.03. The normalized spacial score (nSPS) is 26.5. The first-order valence-electron chi connectivity index (χ1n) is 5.40. The molecule has 15 heavy (non-hydrogen) atoms. The third kappa shape index (κ3) is 2.20. The van der Waals surface area contributed by atoms with E-state index < -0.39 is 5.72 Å². The third-order valence-electron chi connectivity index (χ3n) is 2.59. The van der Waals surface area contributed by atoms with Crippen LogP contribution in [0.1, 0.15) is 12.5 Å². The Bertz CT molecular complexity index is 288. The Morgan fingerprint density at radius 1 is 1.40 bits per heavy atom. The number of morpholine rings is 1. The summed E-state index contributed by atoms with van der Waals surface area (Å²) in [6.07, 6.45) is 0. The number of nitrogens with one attached hydrogen (secondary N) is 1. The fraction of sp³-hybridized carbons (Fsp3) is 0.500. The zero-order chi connectivity index (χ0) is 10.6. The fourth-order valence-corrected chi connectivity index (χ4v) is 1.91. The van der Waals surface area contributed by atoms with Crippen molar-refractivity contribution in [3.63, 3.8) is 0 Å². The minimum Gasteiger partial charge on any atom is -0.375 e. The zero-order valence-electron chi connectivity index (χ0n) is 9.03. The van der Waals surface area contributed by atoms with E-state index in [0.717, 1.165) is 18.7 Å². The summed E-state index contributed by atoms with van der Waals surface area (Å²) in [5.41, 5.74) is 0.681. The molecule has 0 saturated carbocycles. The van der Waals surface area contributed by atoms with Gasteiger partial charge in [-0.15, -0.1) is 0 Å². The maximum atomic E-state index is 5.82. The molecule has 1 atom stereocenters. The summed E-state index contributed by atoms with van der Waals surface area (Å²) in [7, 11) is 0. The van der Waals surface area contributed by atoms with Gasteiger partial charge in [-0.1, -0.05) is 30.3 Å². The molecule has 1 aliphatic rings. The van der Waals surface area contributed by atoms with Gasteiger partial charge in [-0.05, 0) is 6.92 Å². The van der Waals surface area contributed by atoms with Crippen LogP contribution in [0.25, 0.3) is 0 Å². The minimum absolute atomic E-state index is 0.450. The van der Waals surface area contributed by atoms with Gasteiger partial charge >= 0.3 is 0 Å². The van der Waals surface area contributed by atoms with Crippen molar-refractivity contribution in [2.75, 3.05) is 26.4 Å². The van der Waals surface area contributed by atoms with Gasteiger partial charge in [0.15, 0.2) is 5.72 Å². The van der Waals surface area contributed by atoms with Crippen molar-refractivity contribution in [3.8, 4) is 0 Å². The van der Waals surface area contributed by atoms with Crippen LogP contribution in [0.4, 0.5) is 0 Å². The Labute approximate surface area is 90.4 Å². The highest BCUT2D eigenvalue weighted by Gasteiger charge is 2.34. The summed E-state index contributed by atoms with van der Waals surface area (Å²) in [6.45, 7) is 4.83. The molecule has 1 heterocycles. The SMILES string of the molecule is CCOC1(c2ccccc2)COCCN1. The smallest absolute Gasteiger partial charge is 0.168 e. The van der Waals surface area contributed by atoms with Gasteiger partial charge < -0.3 is 9.47 Å². The Balaban J connectivity index is 2.25. The first-order chi connectivity index (χ1) is 7.37. The molecule has 0 radical (unpaired) electrons. The lowest BCUT2D eigenvalue weighted by atomic mass is 10.0. The lowest BCUT2D eigenvalue weighted by Crippen LogP contribution is -2.53. The van der Waals surface area contributed by atoms with Crippen LogP contribution in [0.15, 0.2) is 30.3 Å². The topological polar surface area (TPSA) is 30.5 Å². The molecular weight excluding hydrogens is 190 g/mol. The highest BCUT2D eigenvalue weighted by Crippen LogP contribution is 2.24. The molecular formula is C12H17NO2. The molecule has 0 aromatic heterocycles. The van der Waals surface area contributed by atoms with Crippen molar-refractivity contribution in [1.29, 1.82) is 0 Å². The Morgan fingerprint density at radius 3 is 2.80 bits per heavy atom. The quantitative estimate of drug-likeness (QED) is 0.814. The first-order valence-corrected chi connectivity index (χ1v) is 5.40. The van der Waals surface area contributed by atoms with E-state index in [1.54, 1.807) is 0 Å². The highest BCUT2D eigenvalue weighted by atomic mass is 16.6. The maximum Gasteiger partial charge on any atom is 0.168 e. The predicted molar refractivity (Wildman–Crippen MR) is 58.6 cm³/mol. The molecule has 2 rings (SSSR count). The Morgan fingerprint density at radius 2 is 2.20 bits per heavy atom. The Hall–Kier alpha value is -0.900. The van der Waals surface area contributed by atoms with Gasteiger partial charge in [0.05, 0.1) is 13.2 Å². The largest absolute Gasteiger partial charge is 0.375 e. The molecule has 0 spiro atoms. The van der Waals surface area contributed by atoms with Crippen molar-refractivity contribution < 1.29 is 9.47 Å². The van der Waals surface area contributed by atoms with Gasteiger partial charge in [0.25, 0.3) is 0 Å². The lowest BCUT2D eigenvalue weighted by Gasteiger charge is -2.38. The molecule has 0 bridgehead atoms. The van der Waals surface area contributed by atoms with Crippen LogP contribution in [0.3, 0.4) is 0 Å². The number of hydrogen-bond donors (Lipinski definition) is 1. The van der Waals surface area contributed by atoms with Gasteiger partial charge in [-0.25, -0.2) is 0 Å². The summed E-state index contributed by atoms with van der Waals surface area (Å²) in [5.74, 6) is 0. The fourth-order valence-electron chi connectivity index (χ4n) is 1.91. The molecule has 1 aromatic carbocycles. The van der Waals surface area contributed by atoms with Crippen molar-refractivity contribution in [2.24, 2.45) is 0 Å². The molecule has 0 aliphatic carbocycles. The van der Waals surface area contributed by atoms with Crippen molar-refractivity contribution in [1.82, 2.24) is 5.32 Å². The molecule has 1 fully saturated rings. The molecule has 1 N–H and O–H groups in total. The molecule has 0 amide bonds. The summed E-state index contributed by atoms with van der Waals surface area (Å²) in [4.78, 5) is 0. The van der Waals surface area contributed by atoms with Crippen LogP contribution in [-0.2, 0) is 15.2 Å². The summed E-state index contributed by atoms with van der Waals surface area (Å²) in [6, 6.07) is 10.2. The monoisotopic (exact) mass is 207 g/mol. The van der Waals surface area contributed by atoms with Crippen molar-refractivity contribution >= 4 is 0 Å². The van der Waals surface area contributed by atoms with Gasteiger partial charge in [-0.2, -0.15) is 0 Å². The second kappa shape index (κ2) is 4.75. The molecule has 1 unspecified atom stereocenters. The van der Waals surface area contributed by atoms with E-state index in [-0.39, 0.29) is 0 Å². The maximum absolute atomic E-state index is 5.82. The highest BCUT2D eigenvalue weighted by molar-refractivity contribution is 5.22. The average molecular weight is 207 g/mol. The van der Waals surface area contributed by atoms with E-state index in [9.17, 15) is 0 Å². The van der Waals surface area contributed by atoms with Crippen molar-refractivity contribution in [3.05, 3.63) is 35.9 Å². The lowest BCUT2D eigenvalue weighted by molar-refractivity contribution is -0.146. The Kier molecular flexibility index (Phi) is 3.36. The summed E-state index contributed by atoms with van der Waals surface area (Å²) in [5, 5.41) is 3.40. The van der Waals surface area contributed by atoms with E-state index in [0.29, 0.717) is 13.2 Å². The van der Waals surface area contributed by atoms with Gasteiger partial charge in [0.2, 0.25) is 0 Å². The average Bonchev–Trinajstić information content (AvgIpc) is 2.32. The van der Waals surface area contributed by atoms with Crippen LogP contribution in [-0.4, -0.2) is 26.4 Å². The molecule has 1 aromatic rings. The van der Waals surface area contributed by atoms with E-state index in [1.807, 2.05) is 25.1 Å². The molecule has 3 heteroatoms. The second-order valence-electron chi connectivity index (χ2n) is 3.61. The van der Waals surface area contributed by atoms with Crippen molar-refractivity contribution in [2.45, 2.75) is 12.6 Å². The second-order valence-corrected chi connectivity index (χ2v) is 3.61. The summed E-state index contributed by atoms with van der Waals surface area (Å²) >= 11 is 0.